The highest BCUT2D eigenvalue weighted by atomic mass is 16.5. The van der Waals surface area contributed by atoms with Crippen molar-refractivity contribution in [3.8, 4) is 35.5 Å². The maximum Gasteiger partial charge on any atom is 0.172 e. The van der Waals surface area contributed by atoms with Crippen LogP contribution >= 0.6 is 0 Å². The summed E-state index contributed by atoms with van der Waals surface area (Å²) in [6.45, 7) is 17.3. The second kappa shape index (κ2) is 26.0. The van der Waals surface area contributed by atoms with E-state index in [-0.39, 0.29) is 16.9 Å². The van der Waals surface area contributed by atoms with Gasteiger partial charge in [-0.05, 0) is 87.7 Å². The number of likely N-dealkylation sites (N-methyl/N-ethyl adjacent to an activating group) is 1. The molecule has 3 aromatic carbocycles. The Labute approximate surface area is 390 Å². The molecule has 0 bridgehead atoms. The quantitative estimate of drug-likeness (QED) is 0.122. The van der Waals surface area contributed by atoms with Crippen LogP contribution in [0.1, 0.15) is 37.5 Å². The van der Waals surface area contributed by atoms with Crippen LogP contribution in [0.2, 0.25) is 0 Å². The normalized spacial score (nSPS) is 16.4. The van der Waals surface area contributed by atoms with Crippen molar-refractivity contribution >= 4 is 23.1 Å². The number of ether oxygens (including phenoxy) is 9. The van der Waals surface area contributed by atoms with Crippen LogP contribution in [0, 0.1) is 47.8 Å². The van der Waals surface area contributed by atoms with Gasteiger partial charge in [-0.25, -0.2) is 0 Å². The van der Waals surface area contributed by atoms with Gasteiger partial charge in [0.05, 0.1) is 76.4 Å². The molecule has 0 unspecified atom stereocenters. The fraction of sp³-hybridized carbons (Fsp3) is 0.471. The summed E-state index contributed by atoms with van der Waals surface area (Å²) in [6, 6.07) is 24.2. The predicted octanol–water partition coefficient (Wildman–Crippen LogP) is 7.54. The summed E-state index contributed by atoms with van der Waals surface area (Å²) in [7, 11) is 3.28. The van der Waals surface area contributed by atoms with Gasteiger partial charge < -0.3 is 57.3 Å². The summed E-state index contributed by atoms with van der Waals surface area (Å²) < 4.78 is 54.5. The summed E-state index contributed by atoms with van der Waals surface area (Å²) >= 11 is 0. The maximum atomic E-state index is 10.1. The van der Waals surface area contributed by atoms with E-state index in [1.54, 1.807) is 34.1 Å². The van der Waals surface area contributed by atoms with Gasteiger partial charge in [-0.15, -0.1) is 0 Å². The number of hydrogen-bond donors (Lipinski definition) is 0. The number of methoxy groups -OCH3 is 2. The van der Waals surface area contributed by atoms with Gasteiger partial charge in [0.25, 0.3) is 0 Å². The Hall–Kier alpha value is -6.25. The van der Waals surface area contributed by atoms with Crippen molar-refractivity contribution in [2.24, 2.45) is 0 Å². The summed E-state index contributed by atoms with van der Waals surface area (Å²) in [4.78, 5) is 6.57. The molecule has 15 nitrogen and oxygen atoms in total. The van der Waals surface area contributed by atoms with Crippen molar-refractivity contribution in [3.05, 3.63) is 99.8 Å². The summed E-state index contributed by atoms with van der Waals surface area (Å²) in [6.07, 6.45) is 3.65. The van der Waals surface area contributed by atoms with E-state index in [9.17, 15) is 15.8 Å². The Morgan fingerprint density at radius 1 is 0.697 bits per heavy atom. The molecule has 0 aromatic heterocycles. The Kier molecular flexibility index (Phi) is 20.0. The first kappa shape index (κ1) is 50.7. The number of nitrogens with zero attached hydrogens (tertiary/aromatic N) is 6. The largest absolute Gasteiger partial charge is 0.490 e. The van der Waals surface area contributed by atoms with E-state index >= 15 is 0 Å². The number of nitriles is 3. The van der Waals surface area contributed by atoms with Crippen molar-refractivity contribution in [2.45, 2.75) is 40.2 Å². The van der Waals surface area contributed by atoms with Gasteiger partial charge in [0.2, 0.25) is 0 Å². The summed E-state index contributed by atoms with van der Waals surface area (Å²) in [5.41, 5.74) is 5.11. The van der Waals surface area contributed by atoms with Gasteiger partial charge in [-0.3, -0.25) is 0 Å². The van der Waals surface area contributed by atoms with Crippen LogP contribution in [-0.2, 0) is 28.4 Å². The number of rotatable bonds is 13. The zero-order valence-corrected chi connectivity index (χ0v) is 39.5. The van der Waals surface area contributed by atoms with E-state index in [1.165, 1.54) is 0 Å². The van der Waals surface area contributed by atoms with E-state index in [4.69, 9.17) is 42.6 Å². The molecule has 2 aliphatic heterocycles. The first-order valence-electron chi connectivity index (χ1n) is 22.3. The standard InChI is InChI=1S/C51H64N6O9/c1-8-55-17-21-60-28-29-61-22-18-57(37-62-27-25-58-6)46-15-10-39(3)32-48(46)64-24-20-56(19-23-63-47-31-38(2)9-14-44(47)55)45-16-12-40(33-49(45)65-30-26-59-7)11-13-43-42(36-54)50(41(34-52)35-53)66-51(43,4)5/h9-16,31-33H,8,17-30,37H2,1-7H3/b13-11+. The van der Waals surface area contributed by atoms with Gasteiger partial charge in [-0.2, -0.15) is 15.8 Å². The highest BCUT2D eigenvalue weighted by Gasteiger charge is 2.38. The predicted molar refractivity (Wildman–Crippen MR) is 254 cm³/mol. The fourth-order valence-electron chi connectivity index (χ4n) is 7.48. The molecule has 0 amide bonds. The van der Waals surface area contributed by atoms with Gasteiger partial charge in [-0.1, -0.05) is 30.4 Å². The molecule has 0 fully saturated rings. The van der Waals surface area contributed by atoms with E-state index in [2.05, 4.69) is 64.9 Å². The molecule has 2 heterocycles. The van der Waals surface area contributed by atoms with Gasteiger partial charge in [0, 0.05) is 39.4 Å². The van der Waals surface area contributed by atoms with Crippen LogP contribution in [0.5, 0.6) is 17.2 Å². The van der Waals surface area contributed by atoms with Crippen molar-refractivity contribution in [2.75, 3.05) is 134 Å². The monoisotopic (exact) mass is 904 g/mol. The highest BCUT2D eigenvalue weighted by molar-refractivity contribution is 5.68. The number of aryl methyl sites for hydroxylation is 2. The van der Waals surface area contributed by atoms with E-state index < -0.39 is 5.60 Å². The molecule has 15 heteroatoms. The number of benzene rings is 3. The lowest BCUT2D eigenvalue weighted by Crippen LogP contribution is -2.34. The van der Waals surface area contributed by atoms with E-state index in [0.717, 1.165) is 51.8 Å². The van der Waals surface area contributed by atoms with E-state index in [1.807, 2.05) is 49.4 Å². The first-order chi connectivity index (χ1) is 32.1. The lowest BCUT2D eigenvalue weighted by molar-refractivity contribution is 0.0465. The molecule has 0 atom stereocenters. The minimum absolute atomic E-state index is 0.0140. The second-order valence-corrected chi connectivity index (χ2v) is 16.1. The first-order valence-corrected chi connectivity index (χ1v) is 22.3. The molecule has 0 saturated carbocycles. The number of anilines is 3. The Bertz CT molecular complexity index is 2270. The summed E-state index contributed by atoms with van der Waals surface area (Å²) in [5, 5.41) is 29.2. The van der Waals surface area contributed by atoms with E-state index in [0.29, 0.717) is 110 Å². The maximum absolute atomic E-state index is 10.1. The molecule has 0 saturated heterocycles. The van der Waals surface area contributed by atoms with Crippen LogP contribution < -0.4 is 28.9 Å². The zero-order chi connectivity index (χ0) is 47.3. The molecule has 3 aromatic rings. The SMILES string of the molecule is CCN1CCOCCOCCN(COCCOC)c2ccc(C)cc2OCCN(c2ccc(/C=C/C3=C(C#N)C(=C(C#N)C#N)OC3(C)C)cc2OCCOC)CCOc2cc(C)ccc21. The van der Waals surface area contributed by atoms with Crippen LogP contribution in [0.3, 0.4) is 0 Å². The molecule has 2 aliphatic rings. The average Bonchev–Trinajstić information content (AvgIpc) is 3.57. The lowest BCUT2D eigenvalue weighted by Gasteiger charge is -2.29. The molecular formula is C51H64N6O9. The van der Waals surface area contributed by atoms with Crippen LogP contribution in [0.4, 0.5) is 17.1 Å². The van der Waals surface area contributed by atoms with Gasteiger partial charge in [0.1, 0.15) is 73.2 Å². The molecule has 66 heavy (non-hydrogen) atoms. The van der Waals surface area contributed by atoms with Crippen molar-refractivity contribution < 1.29 is 42.6 Å². The van der Waals surface area contributed by atoms with Crippen LogP contribution in [0.25, 0.3) is 6.08 Å². The average molecular weight is 905 g/mol. The van der Waals surface area contributed by atoms with Crippen LogP contribution in [0.15, 0.2) is 83.2 Å². The van der Waals surface area contributed by atoms with Gasteiger partial charge in [0.15, 0.2) is 11.3 Å². The molecule has 0 radical (unpaired) electrons. The zero-order valence-electron chi connectivity index (χ0n) is 39.5. The lowest BCUT2D eigenvalue weighted by atomic mass is 9.94. The minimum atomic E-state index is -0.961. The Morgan fingerprint density at radius 2 is 1.29 bits per heavy atom. The molecule has 352 valence electrons. The minimum Gasteiger partial charge on any atom is -0.490 e. The molecular weight excluding hydrogens is 841 g/mol. The third-order valence-electron chi connectivity index (χ3n) is 11.0. The van der Waals surface area contributed by atoms with Crippen molar-refractivity contribution in [1.82, 2.24) is 0 Å². The van der Waals surface area contributed by atoms with Crippen molar-refractivity contribution in [3.63, 3.8) is 0 Å². The highest BCUT2D eigenvalue weighted by Crippen LogP contribution is 2.41. The molecule has 0 spiro atoms. The fourth-order valence-corrected chi connectivity index (χ4v) is 7.48. The third kappa shape index (κ3) is 14.1. The second-order valence-electron chi connectivity index (χ2n) is 16.1. The molecule has 5 rings (SSSR count). The number of allylic oxidation sites excluding steroid dienone is 2. The smallest absolute Gasteiger partial charge is 0.172 e. The Balaban J connectivity index is 1.53. The molecule has 0 aliphatic carbocycles. The molecule has 0 N–H and O–H groups in total. The van der Waals surface area contributed by atoms with Crippen molar-refractivity contribution in [1.29, 1.82) is 15.8 Å². The topological polar surface area (TPSA) is 164 Å². The van der Waals surface area contributed by atoms with Crippen LogP contribution in [-0.4, -0.2) is 125 Å². The van der Waals surface area contributed by atoms with Gasteiger partial charge >= 0.3 is 0 Å². The Morgan fingerprint density at radius 3 is 1.88 bits per heavy atom. The summed E-state index contributed by atoms with van der Waals surface area (Å²) in [5.74, 6) is 2.10. The third-order valence-corrected chi connectivity index (χ3v) is 11.0. The number of hydrogen-bond acceptors (Lipinski definition) is 15. The number of fused-ring (bicyclic) bond motifs is 2.